The minimum atomic E-state index is -4.69. The molecule has 0 unspecified atom stereocenters. The van der Waals surface area contributed by atoms with E-state index in [0.717, 1.165) is 18.3 Å². The molecule has 3 atom stereocenters. The molecule has 2 saturated heterocycles. The maximum absolute atomic E-state index is 14.6. The van der Waals surface area contributed by atoms with Gasteiger partial charge in [-0.2, -0.15) is 13.2 Å². The summed E-state index contributed by atoms with van der Waals surface area (Å²) in [5, 5.41) is 2.29. The lowest BCUT2D eigenvalue weighted by Crippen LogP contribution is -2.51. The molecule has 6 nitrogen and oxygen atoms in total. The van der Waals surface area contributed by atoms with Gasteiger partial charge in [-0.15, -0.1) is 0 Å². The van der Waals surface area contributed by atoms with Crippen molar-refractivity contribution < 1.29 is 36.3 Å². The molecular weight excluding hydrogens is 497 g/mol. The second-order valence-electron chi connectivity index (χ2n) is 8.69. The van der Waals surface area contributed by atoms with Gasteiger partial charge >= 0.3 is 6.18 Å². The molecule has 2 aliphatic heterocycles. The van der Waals surface area contributed by atoms with Gasteiger partial charge in [-0.05, 0) is 38.0 Å². The number of halogens is 6. The van der Waals surface area contributed by atoms with Crippen LogP contribution in [0.15, 0.2) is 30.6 Å². The van der Waals surface area contributed by atoms with E-state index in [1.807, 2.05) is 0 Å². The number of benzene rings is 1. The number of carbonyl (C=O) groups is 2. The highest BCUT2D eigenvalue weighted by atomic mass is 35.5. The van der Waals surface area contributed by atoms with Gasteiger partial charge in [0.15, 0.2) is 0 Å². The smallest absolute Gasteiger partial charge is 0.381 e. The predicted molar refractivity (Wildman–Crippen MR) is 114 cm³/mol. The Morgan fingerprint density at radius 2 is 1.86 bits per heavy atom. The molecule has 2 aromatic rings. The van der Waals surface area contributed by atoms with E-state index in [1.54, 1.807) is 6.92 Å². The zero-order chi connectivity index (χ0) is 25.5. The second kappa shape index (κ2) is 9.69. The third kappa shape index (κ3) is 5.11. The standard InChI is InChI=1S/C23H21ClF5N3O3/c1-11-2-3-19(32(11)22(34)12-4-14(8-30-7-12)23(27,28)29)21(33)31-20(13-9-35-10-13)15-5-18(26)16(24)6-17(15)25/h4-8,11,13,19-20H,2-3,9-10H2,1H3,(H,31,33)/t11-,19-,20-/m1/s1. The Balaban J connectivity index is 1.59. The largest absolute Gasteiger partial charge is 0.417 e. The van der Waals surface area contributed by atoms with Crippen LogP contribution in [-0.2, 0) is 15.7 Å². The first-order chi connectivity index (χ1) is 16.5. The molecule has 188 valence electrons. The van der Waals surface area contributed by atoms with Gasteiger partial charge in [-0.1, -0.05) is 11.6 Å². The van der Waals surface area contributed by atoms with E-state index >= 15 is 0 Å². The number of amides is 2. The van der Waals surface area contributed by atoms with Crippen molar-refractivity contribution in [2.75, 3.05) is 13.2 Å². The summed E-state index contributed by atoms with van der Waals surface area (Å²) in [6.45, 7) is 2.08. The molecule has 12 heteroatoms. The van der Waals surface area contributed by atoms with Crippen LogP contribution in [0.3, 0.4) is 0 Å². The van der Waals surface area contributed by atoms with Crippen molar-refractivity contribution in [2.24, 2.45) is 5.92 Å². The van der Waals surface area contributed by atoms with E-state index in [2.05, 4.69) is 10.3 Å². The van der Waals surface area contributed by atoms with Crippen LogP contribution in [0.5, 0.6) is 0 Å². The highest BCUT2D eigenvalue weighted by molar-refractivity contribution is 6.30. The molecule has 0 saturated carbocycles. The van der Waals surface area contributed by atoms with Crippen LogP contribution >= 0.6 is 11.6 Å². The van der Waals surface area contributed by atoms with Gasteiger partial charge < -0.3 is 15.0 Å². The molecule has 2 amide bonds. The molecule has 1 aromatic heterocycles. The van der Waals surface area contributed by atoms with Crippen LogP contribution in [0, 0.1) is 17.6 Å². The summed E-state index contributed by atoms with van der Waals surface area (Å²) in [4.78, 5) is 31.1. The van der Waals surface area contributed by atoms with Crippen LogP contribution in [0.25, 0.3) is 0 Å². The fraction of sp³-hybridized carbons (Fsp3) is 0.435. The van der Waals surface area contributed by atoms with E-state index in [0.29, 0.717) is 18.7 Å². The molecule has 1 N–H and O–H groups in total. The van der Waals surface area contributed by atoms with Gasteiger partial charge in [-0.3, -0.25) is 14.6 Å². The summed E-state index contributed by atoms with van der Waals surface area (Å²) in [6, 6.07) is 0.00860. The van der Waals surface area contributed by atoms with Crippen molar-refractivity contribution in [1.82, 2.24) is 15.2 Å². The first kappa shape index (κ1) is 25.3. The third-order valence-electron chi connectivity index (χ3n) is 6.33. The van der Waals surface area contributed by atoms with Gasteiger partial charge in [0.1, 0.15) is 17.7 Å². The van der Waals surface area contributed by atoms with Crippen molar-refractivity contribution in [3.8, 4) is 0 Å². The highest BCUT2D eigenvalue weighted by Crippen LogP contribution is 2.34. The Morgan fingerprint density at radius 1 is 1.14 bits per heavy atom. The summed E-state index contributed by atoms with van der Waals surface area (Å²) in [6.07, 6.45) is -2.39. The number of rotatable bonds is 5. The first-order valence-electron chi connectivity index (χ1n) is 10.8. The van der Waals surface area contributed by atoms with Gasteiger partial charge in [0.25, 0.3) is 5.91 Å². The average Bonchev–Trinajstić information content (AvgIpc) is 3.15. The Labute approximate surface area is 202 Å². The van der Waals surface area contributed by atoms with Gasteiger partial charge in [0.2, 0.25) is 5.91 Å². The molecule has 2 fully saturated rings. The monoisotopic (exact) mass is 517 g/mol. The lowest BCUT2D eigenvalue weighted by molar-refractivity contribution is -0.138. The molecule has 3 heterocycles. The summed E-state index contributed by atoms with van der Waals surface area (Å²) in [5.74, 6) is -3.41. The Morgan fingerprint density at radius 3 is 2.49 bits per heavy atom. The van der Waals surface area contributed by atoms with Crippen molar-refractivity contribution >= 4 is 23.4 Å². The normalized spacial score (nSPS) is 21.5. The molecule has 35 heavy (non-hydrogen) atoms. The molecule has 0 aliphatic carbocycles. The van der Waals surface area contributed by atoms with E-state index in [4.69, 9.17) is 16.3 Å². The van der Waals surface area contributed by atoms with Crippen LogP contribution in [0.1, 0.15) is 47.3 Å². The van der Waals surface area contributed by atoms with Crippen molar-refractivity contribution in [3.05, 3.63) is 63.9 Å². The SMILES string of the molecule is C[C@@H]1CC[C@H](C(=O)N[C@@H](c2cc(F)c(Cl)cc2F)C2COC2)N1C(=O)c1cncc(C(F)(F)F)c1. The van der Waals surface area contributed by atoms with E-state index in [9.17, 15) is 31.5 Å². The fourth-order valence-electron chi connectivity index (χ4n) is 4.37. The lowest BCUT2D eigenvalue weighted by Gasteiger charge is -2.36. The number of pyridine rings is 1. The zero-order valence-corrected chi connectivity index (χ0v) is 19.2. The highest BCUT2D eigenvalue weighted by Gasteiger charge is 2.42. The fourth-order valence-corrected chi connectivity index (χ4v) is 4.52. The summed E-state index contributed by atoms with van der Waals surface area (Å²) < 4.78 is 73.2. The number of likely N-dealkylation sites (tertiary alicyclic amines) is 1. The van der Waals surface area contributed by atoms with Gasteiger partial charge in [0.05, 0.1) is 35.4 Å². The van der Waals surface area contributed by atoms with E-state index < -0.39 is 58.3 Å². The molecule has 2 aliphatic rings. The number of hydrogen-bond donors (Lipinski definition) is 1. The van der Waals surface area contributed by atoms with E-state index in [1.165, 1.54) is 4.90 Å². The molecule has 0 bridgehead atoms. The quantitative estimate of drug-likeness (QED) is 0.467. The topological polar surface area (TPSA) is 71.5 Å². The third-order valence-corrected chi connectivity index (χ3v) is 6.62. The summed E-state index contributed by atoms with van der Waals surface area (Å²) in [5.41, 5.74) is -1.50. The molecule has 1 aromatic carbocycles. The summed E-state index contributed by atoms with van der Waals surface area (Å²) in [7, 11) is 0. The minimum absolute atomic E-state index is 0.112. The zero-order valence-electron chi connectivity index (χ0n) is 18.4. The number of nitrogens with zero attached hydrogens (tertiary/aromatic N) is 2. The van der Waals surface area contributed by atoms with Crippen LogP contribution in [0.4, 0.5) is 22.0 Å². The number of aromatic nitrogens is 1. The maximum atomic E-state index is 14.6. The van der Waals surface area contributed by atoms with Crippen LogP contribution in [-0.4, -0.2) is 47.0 Å². The molecular formula is C23H21ClF5N3O3. The summed E-state index contributed by atoms with van der Waals surface area (Å²) >= 11 is 5.65. The predicted octanol–water partition coefficient (Wildman–Crippen LogP) is 4.53. The van der Waals surface area contributed by atoms with Crippen molar-refractivity contribution in [1.29, 1.82) is 0 Å². The van der Waals surface area contributed by atoms with Crippen LogP contribution < -0.4 is 5.32 Å². The Hall–Kier alpha value is -2.79. The molecule has 0 radical (unpaired) electrons. The lowest BCUT2D eigenvalue weighted by atomic mass is 9.90. The van der Waals surface area contributed by atoms with Gasteiger partial charge in [0, 0.05) is 29.9 Å². The van der Waals surface area contributed by atoms with Gasteiger partial charge in [-0.25, -0.2) is 8.78 Å². The van der Waals surface area contributed by atoms with E-state index in [-0.39, 0.29) is 36.7 Å². The molecule has 4 rings (SSSR count). The average molecular weight is 518 g/mol. The first-order valence-corrected chi connectivity index (χ1v) is 11.2. The second-order valence-corrected chi connectivity index (χ2v) is 9.09. The number of ether oxygens (including phenoxy) is 1. The maximum Gasteiger partial charge on any atom is 0.417 e. The van der Waals surface area contributed by atoms with Crippen molar-refractivity contribution in [2.45, 2.75) is 44.1 Å². The number of carbonyl (C=O) groups excluding carboxylic acids is 2. The number of alkyl halides is 3. The van der Waals surface area contributed by atoms with Crippen molar-refractivity contribution in [3.63, 3.8) is 0 Å². The number of nitrogens with one attached hydrogen (secondary N) is 1. The minimum Gasteiger partial charge on any atom is -0.381 e. The Kier molecular flexibility index (Phi) is 7.01. The van der Waals surface area contributed by atoms with Crippen LogP contribution in [0.2, 0.25) is 5.02 Å². The number of hydrogen-bond acceptors (Lipinski definition) is 4. The Bertz CT molecular complexity index is 1140. The molecule has 0 spiro atoms.